The number of fused-ring (bicyclic) bond motifs is 1. The number of ether oxygens (including phenoxy) is 1. The number of nitriles is 1. The Morgan fingerprint density at radius 3 is 2.61 bits per heavy atom. The molecule has 5 heterocycles. The fourth-order valence-corrected chi connectivity index (χ4v) is 4.99. The Bertz CT molecular complexity index is 1310. The number of carbonyl (C=O) groups is 2. The van der Waals surface area contributed by atoms with Gasteiger partial charge in [-0.2, -0.15) is 15.5 Å². The second kappa shape index (κ2) is 9.97. The van der Waals surface area contributed by atoms with Crippen LogP contribution in [0.2, 0.25) is 0 Å². The molecule has 11 heteroatoms. The minimum absolute atomic E-state index is 0.0697. The molecule has 188 valence electrons. The van der Waals surface area contributed by atoms with Crippen LogP contribution in [0.15, 0.2) is 30.9 Å². The molecule has 5 rings (SSSR count). The van der Waals surface area contributed by atoms with Gasteiger partial charge < -0.3 is 14.5 Å². The van der Waals surface area contributed by atoms with Crippen molar-refractivity contribution in [2.24, 2.45) is 5.92 Å². The quantitative estimate of drug-likeness (QED) is 0.500. The Labute approximate surface area is 207 Å². The van der Waals surface area contributed by atoms with Crippen LogP contribution in [0.4, 0.5) is 4.39 Å². The molecule has 3 aromatic heterocycles. The highest BCUT2D eigenvalue weighted by molar-refractivity contribution is 5.84. The number of nitrogens with zero attached hydrogens (tertiary/aromatic N) is 7. The summed E-state index contributed by atoms with van der Waals surface area (Å²) in [5, 5.41) is 18.2. The van der Waals surface area contributed by atoms with Crippen LogP contribution in [-0.4, -0.2) is 81.0 Å². The van der Waals surface area contributed by atoms with Gasteiger partial charge in [-0.25, -0.2) is 4.52 Å². The predicted molar refractivity (Wildman–Crippen MR) is 128 cm³/mol. The number of alkyl halides is 1. The van der Waals surface area contributed by atoms with Crippen LogP contribution in [0.3, 0.4) is 0 Å². The largest absolute Gasteiger partial charge is 0.494 e. The van der Waals surface area contributed by atoms with Gasteiger partial charge in [0.1, 0.15) is 22.9 Å². The average molecular weight is 494 g/mol. The SMILES string of the molecule is COc1cc(-c2cnn(C3CCN(C(=O)C4CN(C(=O)CCCF)C4)CC3)c2)cn2ncc(C#N)c12. The van der Waals surface area contributed by atoms with E-state index in [0.717, 1.165) is 24.0 Å². The van der Waals surface area contributed by atoms with E-state index in [0.29, 0.717) is 43.0 Å². The summed E-state index contributed by atoms with van der Waals surface area (Å²) in [4.78, 5) is 28.3. The molecule has 0 aliphatic carbocycles. The van der Waals surface area contributed by atoms with Crippen molar-refractivity contribution in [3.63, 3.8) is 0 Å². The van der Waals surface area contributed by atoms with E-state index in [-0.39, 0.29) is 36.6 Å². The van der Waals surface area contributed by atoms with E-state index in [1.54, 1.807) is 22.7 Å². The molecule has 36 heavy (non-hydrogen) atoms. The maximum absolute atomic E-state index is 12.9. The highest BCUT2D eigenvalue weighted by Crippen LogP contribution is 2.31. The zero-order chi connectivity index (χ0) is 25.2. The van der Waals surface area contributed by atoms with E-state index >= 15 is 0 Å². The van der Waals surface area contributed by atoms with E-state index in [1.165, 1.54) is 6.20 Å². The van der Waals surface area contributed by atoms with Crippen molar-refractivity contribution >= 4 is 17.3 Å². The van der Waals surface area contributed by atoms with Crippen molar-refractivity contribution in [1.82, 2.24) is 29.2 Å². The van der Waals surface area contributed by atoms with Crippen LogP contribution in [-0.2, 0) is 9.59 Å². The fraction of sp³-hybridized carbons (Fsp3) is 0.480. The maximum Gasteiger partial charge on any atom is 0.229 e. The van der Waals surface area contributed by atoms with Crippen molar-refractivity contribution in [3.8, 4) is 22.9 Å². The van der Waals surface area contributed by atoms with E-state index in [2.05, 4.69) is 16.3 Å². The lowest BCUT2D eigenvalue weighted by atomic mass is 9.95. The molecule has 2 amide bonds. The number of aromatic nitrogens is 4. The summed E-state index contributed by atoms with van der Waals surface area (Å²) >= 11 is 0. The summed E-state index contributed by atoms with van der Waals surface area (Å²) in [6, 6.07) is 4.20. The Hall–Kier alpha value is -3.94. The highest BCUT2D eigenvalue weighted by atomic mass is 19.1. The number of likely N-dealkylation sites (tertiary alicyclic amines) is 2. The molecule has 0 atom stereocenters. The fourth-order valence-electron chi connectivity index (χ4n) is 4.99. The minimum Gasteiger partial charge on any atom is -0.494 e. The van der Waals surface area contributed by atoms with E-state index in [9.17, 15) is 19.2 Å². The molecule has 2 aliphatic rings. The van der Waals surface area contributed by atoms with E-state index in [4.69, 9.17) is 4.74 Å². The number of halogens is 1. The molecule has 2 fully saturated rings. The molecule has 0 saturated carbocycles. The first kappa shape index (κ1) is 23.8. The van der Waals surface area contributed by atoms with Gasteiger partial charge in [-0.3, -0.25) is 18.7 Å². The Morgan fingerprint density at radius 2 is 1.92 bits per heavy atom. The summed E-state index contributed by atoms with van der Waals surface area (Å²) in [6.45, 7) is 1.67. The van der Waals surface area contributed by atoms with Gasteiger partial charge in [-0.05, 0) is 25.3 Å². The molecule has 2 saturated heterocycles. The van der Waals surface area contributed by atoms with Gasteiger partial charge in [0.25, 0.3) is 0 Å². The summed E-state index contributed by atoms with van der Waals surface area (Å²) in [5.74, 6) is 0.445. The normalized spacial score (nSPS) is 16.7. The topological polar surface area (TPSA) is 109 Å². The number of amides is 2. The van der Waals surface area contributed by atoms with Gasteiger partial charge in [0.05, 0.1) is 38.1 Å². The summed E-state index contributed by atoms with van der Waals surface area (Å²) in [7, 11) is 1.57. The van der Waals surface area contributed by atoms with E-state index in [1.807, 2.05) is 28.0 Å². The van der Waals surface area contributed by atoms with Crippen LogP contribution in [0.5, 0.6) is 5.75 Å². The van der Waals surface area contributed by atoms with Crippen molar-refractivity contribution in [2.45, 2.75) is 31.7 Å². The Balaban J connectivity index is 1.19. The van der Waals surface area contributed by atoms with Crippen LogP contribution in [0.25, 0.3) is 16.6 Å². The molecule has 3 aromatic rings. The average Bonchev–Trinajstić information content (AvgIpc) is 3.53. The lowest BCUT2D eigenvalue weighted by molar-refractivity contribution is -0.149. The second-order valence-corrected chi connectivity index (χ2v) is 9.31. The van der Waals surface area contributed by atoms with Gasteiger partial charge in [0, 0.05) is 56.1 Å². The van der Waals surface area contributed by atoms with Crippen molar-refractivity contribution in [2.75, 3.05) is 40.0 Å². The van der Waals surface area contributed by atoms with Crippen molar-refractivity contribution in [1.29, 1.82) is 5.26 Å². The molecule has 0 N–H and O–H groups in total. The monoisotopic (exact) mass is 493 g/mol. The molecule has 0 bridgehead atoms. The van der Waals surface area contributed by atoms with Crippen molar-refractivity contribution in [3.05, 3.63) is 36.4 Å². The van der Waals surface area contributed by atoms with Crippen LogP contribution >= 0.6 is 0 Å². The highest BCUT2D eigenvalue weighted by Gasteiger charge is 2.38. The molecular weight excluding hydrogens is 465 g/mol. The first-order chi connectivity index (χ1) is 17.5. The molecule has 2 aliphatic heterocycles. The number of carbonyl (C=O) groups excluding carboxylic acids is 2. The number of methoxy groups -OCH3 is 1. The van der Waals surface area contributed by atoms with Gasteiger partial charge in [-0.1, -0.05) is 0 Å². The maximum atomic E-state index is 12.9. The van der Waals surface area contributed by atoms with Crippen LogP contribution in [0, 0.1) is 17.2 Å². The third-order valence-electron chi connectivity index (χ3n) is 7.11. The first-order valence-electron chi connectivity index (χ1n) is 12.1. The summed E-state index contributed by atoms with van der Waals surface area (Å²) < 4.78 is 21.4. The first-order valence-corrected chi connectivity index (χ1v) is 12.1. The Morgan fingerprint density at radius 1 is 1.14 bits per heavy atom. The molecule has 0 radical (unpaired) electrons. The van der Waals surface area contributed by atoms with Gasteiger partial charge in [0.15, 0.2) is 0 Å². The predicted octanol–water partition coefficient (Wildman–Crippen LogP) is 2.45. The second-order valence-electron chi connectivity index (χ2n) is 9.31. The Kier molecular flexibility index (Phi) is 6.59. The van der Waals surface area contributed by atoms with Crippen LogP contribution < -0.4 is 4.74 Å². The zero-order valence-corrected chi connectivity index (χ0v) is 20.1. The molecule has 0 aromatic carbocycles. The van der Waals surface area contributed by atoms with Gasteiger partial charge in [0.2, 0.25) is 11.8 Å². The summed E-state index contributed by atoms with van der Waals surface area (Å²) in [6.07, 6.45) is 9.21. The molecular formula is C25H28FN7O3. The lowest BCUT2D eigenvalue weighted by Gasteiger charge is -2.42. The van der Waals surface area contributed by atoms with Gasteiger partial charge in [-0.15, -0.1) is 0 Å². The third kappa shape index (κ3) is 4.39. The molecule has 0 spiro atoms. The lowest BCUT2D eigenvalue weighted by Crippen LogP contribution is -2.57. The van der Waals surface area contributed by atoms with Gasteiger partial charge >= 0.3 is 0 Å². The van der Waals surface area contributed by atoms with Crippen LogP contribution in [0.1, 0.15) is 37.3 Å². The minimum atomic E-state index is -0.494. The molecule has 10 nitrogen and oxygen atoms in total. The number of piperidine rings is 1. The standard InChI is InChI=1S/C25H28FN7O3/c1-36-22-9-17(15-33-24(22)18(10-27)11-29-33)19-12-28-32(16-19)21-4-7-30(8-5-21)25(35)20-13-31(14-20)23(34)3-2-6-26/h9,11-12,15-16,20-21H,2-8,13-14H2,1H3. The number of hydrogen-bond acceptors (Lipinski definition) is 6. The summed E-state index contributed by atoms with van der Waals surface area (Å²) in [5.41, 5.74) is 2.87. The smallest absolute Gasteiger partial charge is 0.229 e. The number of rotatable bonds is 7. The number of pyridine rings is 1. The number of hydrogen-bond donors (Lipinski definition) is 0. The molecule has 0 unspecified atom stereocenters. The zero-order valence-electron chi connectivity index (χ0n) is 20.1. The van der Waals surface area contributed by atoms with E-state index < -0.39 is 6.67 Å². The van der Waals surface area contributed by atoms with Crippen molar-refractivity contribution < 1.29 is 18.7 Å². The third-order valence-corrected chi connectivity index (χ3v) is 7.11.